The van der Waals surface area contributed by atoms with Gasteiger partial charge < -0.3 is 14.2 Å². The fourth-order valence-corrected chi connectivity index (χ4v) is 3.22. The van der Waals surface area contributed by atoms with Crippen LogP contribution in [0, 0.1) is 0 Å². The van der Waals surface area contributed by atoms with Gasteiger partial charge in [-0.2, -0.15) is 0 Å². The number of nitrogens with zero attached hydrogens (tertiary/aromatic N) is 1. The fourth-order valence-electron chi connectivity index (χ4n) is 2.34. The molecule has 0 radical (unpaired) electrons. The third-order valence-corrected chi connectivity index (χ3v) is 4.46. The van der Waals surface area contributed by atoms with Crippen LogP contribution in [0.1, 0.15) is 5.01 Å². The van der Waals surface area contributed by atoms with Crippen LogP contribution in [0.15, 0.2) is 48.5 Å². The van der Waals surface area contributed by atoms with E-state index >= 15 is 0 Å². The molecule has 0 amide bonds. The lowest BCUT2D eigenvalue weighted by Crippen LogP contribution is -2.37. The van der Waals surface area contributed by atoms with Gasteiger partial charge in [0.05, 0.1) is 10.2 Å². The van der Waals surface area contributed by atoms with Crippen molar-refractivity contribution >= 4 is 27.5 Å². The van der Waals surface area contributed by atoms with Crippen LogP contribution >= 0.6 is 11.3 Å². The molecule has 1 unspecified atom stereocenters. The molecule has 0 bridgehead atoms. The lowest BCUT2D eigenvalue weighted by Gasteiger charge is -2.24. The average Bonchev–Trinajstić information content (AvgIpc) is 3.02. The lowest BCUT2D eigenvalue weighted by molar-refractivity contribution is -0.155. The van der Waals surface area contributed by atoms with E-state index in [1.165, 1.54) is 11.3 Å². The van der Waals surface area contributed by atoms with Crippen LogP contribution < -0.4 is 9.47 Å². The number of para-hydroxylation sites is 3. The van der Waals surface area contributed by atoms with Gasteiger partial charge in [0, 0.05) is 0 Å². The summed E-state index contributed by atoms with van der Waals surface area (Å²) in [5.74, 6) is 0.752. The van der Waals surface area contributed by atoms with Gasteiger partial charge in [0.1, 0.15) is 18.2 Å². The minimum Gasteiger partial charge on any atom is -0.485 e. The van der Waals surface area contributed by atoms with E-state index in [-0.39, 0.29) is 13.2 Å². The van der Waals surface area contributed by atoms with Crippen LogP contribution in [0.5, 0.6) is 11.5 Å². The third-order valence-electron chi connectivity index (χ3n) is 3.45. The van der Waals surface area contributed by atoms with Crippen molar-refractivity contribution in [2.24, 2.45) is 0 Å². The predicted octanol–water partition coefficient (Wildman–Crippen LogP) is 3.18. The maximum Gasteiger partial charge on any atom is 0.351 e. The van der Waals surface area contributed by atoms with Gasteiger partial charge in [0.2, 0.25) is 6.10 Å². The summed E-state index contributed by atoms with van der Waals surface area (Å²) < 4.78 is 17.5. The highest BCUT2D eigenvalue weighted by molar-refractivity contribution is 7.18. The third kappa shape index (κ3) is 2.85. The molecular weight excluding hydrogens is 314 g/mol. The molecule has 2 aromatic carbocycles. The van der Waals surface area contributed by atoms with Crippen LogP contribution in [-0.4, -0.2) is 23.7 Å². The summed E-state index contributed by atoms with van der Waals surface area (Å²) >= 11 is 1.51. The van der Waals surface area contributed by atoms with Gasteiger partial charge in [-0.15, -0.1) is 11.3 Å². The van der Waals surface area contributed by atoms with Crippen molar-refractivity contribution in [1.82, 2.24) is 4.98 Å². The van der Waals surface area contributed by atoms with Gasteiger partial charge in [-0.25, -0.2) is 9.78 Å². The van der Waals surface area contributed by atoms with E-state index in [9.17, 15) is 4.79 Å². The molecule has 0 spiro atoms. The molecule has 4 rings (SSSR count). The lowest BCUT2D eigenvalue weighted by atomic mass is 10.2. The van der Waals surface area contributed by atoms with Crippen molar-refractivity contribution < 1.29 is 19.0 Å². The Kier molecular flexibility index (Phi) is 3.59. The summed E-state index contributed by atoms with van der Waals surface area (Å²) in [6.45, 7) is 0.287. The van der Waals surface area contributed by atoms with Crippen molar-refractivity contribution in [2.75, 3.05) is 6.61 Å². The summed E-state index contributed by atoms with van der Waals surface area (Å²) in [7, 11) is 0. The van der Waals surface area contributed by atoms with Crippen LogP contribution in [0.4, 0.5) is 0 Å². The quantitative estimate of drug-likeness (QED) is 0.692. The Morgan fingerprint density at radius 2 is 1.96 bits per heavy atom. The molecule has 0 saturated carbocycles. The molecule has 23 heavy (non-hydrogen) atoms. The van der Waals surface area contributed by atoms with Crippen LogP contribution in [0.3, 0.4) is 0 Å². The molecule has 2 heterocycles. The van der Waals surface area contributed by atoms with Crippen molar-refractivity contribution in [3.05, 3.63) is 53.5 Å². The monoisotopic (exact) mass is 327 g/mol. The van der Waals surface area contributed by atoms with E-state index in [1.54, 1.807) is 12.1 Å². The molecule has 0 fully saturated rings. The maximum absolute atomic E-state index is 12.1. The van der Waals surface area contributed by atoms with Gasteiger partial charge in [-0.05, 0) is 24.3 Å². The zero-order valence-corrected chi connectivity index (χ0v) is 12.9. The fraction of sp³-hybridized carbons (Fsp3) is 0.176. The Labute approximate surface area is 136 Å². The van der Waals surface area contributed by atoms with E-state index in [1.807, 2.05) is 36.4 Å². The van der Waals surface area contributed by atoms with Crippen molar-refractivity contribution in [2.45, 2.75) is 12.7 Å². The highest BCUT2D eigenvalue weighted by Crippen LogP contribution is 2.31. The first-order valence-electron chi connectivity index (χ1n) is 7.19. The smallest absolute Gasteiger partial charge is 0.351 e. The minimum atomic E-state index is -0.751. The van der Waals surface area contributed by atoms with E-state index in [0.717, 1.165) is 15.2 Å². The number of aromatic nitrogens is 1. The van der Waals surface area contributed by atoms with E-state index in [0.29, 0.717) is 11.5 Å². The first kappa shape index (κ1) is 14.0. The summed E-state index contributed by atoms with van der Waals surface area (Å²) in [5.41, 5.74) is 0.912. The second-order valence-corrected chi connectivity index (χ2v) is 6.16. The molecule has 0 aliphatic carbocycles. The molecule has 0 saturated heterocycles. The molecule has 6 heteroatoms. The number of esters is 1. The topological polar surface area (TPSA) is 57.7 Å². The Hall–Kier alpha value is -2.60. The van der Waals surface area contributed by atoms with Crippen molar-refractivity contribution in [3.63, 3.8) is 0 Å². The van der Waals surface area contributed by atoms with E-state index < -0.39 is 12.1 Å². The second kappa shape index (κ2) is 5.89. The molecule has 1 aliphatic rings. The summed E-state index contributed by atoms with van der Waals surface area (Å²) in [6.07, 6.45) is -0.751. The number of benzene rings is 2. The number of fused-ring (bicyclic) bond motifs is 2. The Morgan fingerprint density at radius 3 is 2.83 bits per heavy atom. The van der Waals surface area contributed by atoms with Crippen LogP contribution in [0.25, 0.3) is 10.2 Å². The highest BCUT2D eigenvalue weighted by Gasteiger charge is 2.28. The van der Waals surface area contributed by atoms with Crippen molar-refractivity contribution in [3.8, 4) is 11.5 Å². The normalized spacial score (nSPS) is 16.3. The number of hydrogen-bond acceptors (Lipinski definition) is 6. The van der Waals surface area contributed by atoms with E-state index in [4.69, 9.17) is 14.2 Å². The predicted molar refractivity (Wildman–Crippen MR) is 85.8 cm³/mol. The molecular formula is C17H13NO4S. The van der Waals surface area contributed by atoms with E-state index in [2.05, 4.69) is 4.98 Å². The molecule has 116 valence electrons. The summed E-state index contributed by atoms with van der Waals surface area (Å²) in [5, 5.41) is 0.761. The average molecular weight is 327 g/mol. The number of carbonyl (C=O) groups excluding carboxylic acids is 1. The zero-order chi connectivity index (χ0) is 15.6. The molecule has 1 atom stereocenters. The Balaban J connectivity index is 1.40. The number of hydrogen-bond donors (Lipinski definition) is 0. The van der Waals surface area contributed by atoms with Crippen molar-refractivity contribution in [1.29, 1.82) is 0 Å². The molecule has 0 N–H and O–H groups in total. The van der Waals surface area contributed by atoms with Gasteiger partial charge >= 0.3 is 5.97 Å². The summed E-state index contributed by atoms with van der Waals surface area (Å²) in [6, 6.07) is 15.1. The molecule has 1 aromatic heterocycles. The number of thiazole rings is 1. The Morgan fingerprint density at radius 1 is 1.17 bits per heavy atom. The zero-order valence-electron chi connectivity index (χ0n) is 12.1. The first-order valence-corrected chi connectivity index (χ1v) is 8.01. The highest BCUT2D eigenvalue weighted by atomic mass is 32.1. The minimum absolute atomic E-state index is 0.139. The van der Waals surface area contributed by atoms with Gasteiger partial charge in [-0.1, -0.05) is 24.3 Å². The molecule has 5 nitrogen and oxygen atoms in total. The molecule has 1 aliphatic heterocycles. The maximum atomic E-state index is 12.1. The van der Waals surface area contributed by atoms with Gasteiger partial charge in [0.15, 0.2) is 11.5 Å². The van der Waals surface area contributed by atoms with Gasteiger partial charge in [0.25, 0.3) is 0 Å². The largest absolute Gasteiger partial charge is 0.485 e. The SMILES string of the molecule is O=C(OCc1nc2ccccc2s1)C1COc2ccccc2O1. The standard InChI is InChI=1S/C17H13NO4S/c19-17(14-9-20-12-6-2-3-7-13(12)22-14)21-10-16-18-11-5-1-4-8-15(11)23-16/h1-8,14H,9-10H2. The first-order chi connectivity index (χ1) is 11.3. The van der Waals surface area contributed by atoms with Crippen LogP contribution in [-0.2, 0) is 16.1 Å². The number of ether oxygens (including phenoxy) is 3. The number of rotatable bonds is 3. The van der Waals surface area contributed by atoms with Crippen LogP contribution in [0.2, 0.25) is 0 Å². The van der Waals surface area contributed by atoms with Gasteiger partial charge in [-0.3, -0.25) is 0 Å². The second-order valence-electron chi connectivity index (χ2n) is 5.05. The molecule has 3 aromatic rings. The number of carbonyl (C=O) groups is 1. The Bertz CT molecular complexity index is 827. The summed E-state index contributed by atoms with van der Waals surface area (Å²) in [4.78, 5) is 16.6.